The van der Waals surface area contributed by atoms with Crippen molar-refractivity contribution in [1.29, 1.82) is 0 Å². The van der Waals surface area contributed by atoms with Gasteiger partial charge in [-0.2, -0.15) is 0 Å². The molecular weight excluding hydrogens is 341 g/mol. The third-order valence-electron chi connectivity index (χ3n) is 4.87. The molecule has 1 aromatic heterocycles. The number of aromatic nitrogens is 1. The van der Waals surface area contributed by atoms with Crippen LogP contribution in [0.5, 0.6) is 0 Å². The molecule has 0 spiro atoms. The zero-order chi connectivity index (χ0) is 14.1. The van der Waals surface area contributed by atoms with Gasteiger partial charge in [0, 0.05) is 30.1 Å². The standard InChI is InChI=1S/C15H23N3OS.2ClH/c1-2-11-8-18-12(20-11)5-6-17-15(19)13-9-3-4-10(7-9)14(13)16;;/h8-10,13-14H,2-7,16H2,1H3,(H,17,19);2*1H. The van der Waals surface area contributed by atoms with E-state index in [1.165, 1.54) is 17.7 Å². The molecule has 4 atom stereocenters. The number of aryl methyl sites for hydroxylation is 1. The molecular formula is C15H25Cl2N3OS. The van der Waals surface area contributed by atoms with Gasteiger partial charge < -0.3 is 11.1 Å². The van der Waals surface area contributed by atoms with Crippen molar-refractivity contribution < 1.29 is 4.79 Å². The highest BCUT2D eigenvalue weighted by molar-refractivity contribution is 7.11. The first kappa shape index (κ1) is 19.7. The lowest BCUT2D eigenvalue weighted by molar-refractivity contribution is -0.127. The van der Waals surface area contributed by atoms with Gasteiger partial charge in [-0.15, -0.1) is 36.2 Å². The number of carbonyl (C=O) groups excluding carboxylic acids is 1. The fourth-order valence-corrected chi connectivity index (χ4v) is 4.62. The van der Waals surface area contributed by atoms with Gasteiger partial charge in [-0.3, -0.25) is 4.79 Å². The quantitative estimate of drug-likeness (QED) is 0.842. The molecule has 0 aromatic carbocycles. The smallest absolute Gasteiger partial charge is 0.224 e. The molecule has 2 aliphatic carbocycles. The Balaban J connectivity index is 0.00000121. The minimum Gasteiger partial charge on any atom is -0.355 e. The number of hydrogen-bond acceptors (Lipinski definition) is 4. The maximum Gasteiger partial charge on any atom is 0.224 e. The molecule has 0 radical (unpaired) electrons. The van der Waals surface area contributed by atoms with Crippen molar-refractivity contribution in [2.75, 3.05) is 6.54 Å². The molecule has 2 saturated carbocycles. The predicted molar refractivity (Wildman–Crippen MR) is 95.0 cm³/mol. The summed E-state index contributed by atoms with van der Waals surface area (Å²) >= 11 is 1.74. The molecule has 126 valence electrons. The Labute approximate surface area is 148 Å². The minimum atomic E-state index is 0. The summed E-state index contributed by atoms with van der Waals surface area (Å²) in [6.45, 7) is 2.81. The zero-order valence-corrected chi connectivity index (χ0v) is 15.2. The SMILES string of the molecule is CCc1cnc(CCNC(=O)C2C3CCC(C3)C2N)s1.Cl.Cl. The molecule has 2 bridgehead atoms. The maximum atomic E-state index is 12.3. The molecule has 1 amide bonds. The molecule has 3 N–H and O–H groups in total. The van der Waals surface area contributed by atoms with Crippen LogP contribution < -0.4 is 11.1 Å². The number of nitrogens with two attached hydrogens (primary N) is 1. The van der Waals surface area contributed by atoms with Gasteiger partial charge in [0.1, 0.15) is 0 Å². The van der Waals surface area contributed by atoms with Crippen molar-refractivity contribution in [1.82, 2.24) is 10.3 Å². The average molecular weight is 366 g/mol. The second-order valence-electron chi connectivity index (χ2n) is 6.05. The van der Waals surface area contributed by atoms with Gasteiger partial charge in [0.25, 0.3) is 0 Å². The fourth-order valence-electron chi connectivity index (χ4n) is 3.76. The van der Waals surface area contributed by atoms with Crippen LogP contribution in [-0.4, -0.2) is 23.5 Å². The molecule has 1 heterocycles. The van der Waals surface area contributed by atoms with Crippen LogP contribution in [0.3, 0.4) is 0 Å². The maximum absolute atomic E-state index is 12.3. The van der Waals surface area contributed by atoms with Crippen molar-refractivity contribution in [3.63, 3.8) is 0 Å². The van der Waals surface area contributed by atoms with E-state index in [4.69, 9.17) is 5.73 Å². The summed E-state index contributed by atoms with van der Waals surface area (Å²) in [5.74, 6) is 1.33. The minimum absolute atomic E-state index is 0. The number of fused-ring (bicyclic) bond motifs is 2. The molecule has 3 rings (SSSR count). The highest BCUT2D eigenvalue weighted by Crippen LogP contribution is 2.47. The number of amides is 1. The van der Waals surface area contributed by atoms with Gasteiger partial charge in [0.15, 0.2) is 0 Å². The van der Waals surface area contributed by atoms with Crippen LogP contribution in [0.15, 0.2) is 6.20 Å². The number of rotatable bonds is 5. The second-order valence-corrected chi connectivity index (χ2v) is 7.25. The molecule has 4 nitrogen and oxygen atoms in total. The van der Waals surface area contributed by atoms with Crippen molar-refractivity contribution in [3.8, 4) is 0 Å². The topological polar surface area (TPSA) is 68.0 Å². The Bertz CT molecular complexity index is 495. The predicted octanol–water partition coefficient (Wildman–Crippen LogP) is 2.58. The van der Waals surface area contributed by atoms with Crippen molar-refractivity contribution in [2.24, 2.45) is 23.5 Å². The van der Waals surface area contributed by atoms with E-state index in [9.17, 15) is 4.79 Å². The molecule has 2 aliphatic rings. The first-order valence-electron chi connectivity index (χ1n) is 7.66. The number of nitrogens with zero attached hydrogens (tertiary/aromatic N) is 1. The van der Waals surface area contributed by atoms with Gasteiger partial charge in [0.05, 0.1) is 10.9 Å². The van der Waals surface area contributed by atoms with E-state index in [2.05, 4.69) is 17.2 Å². The number of hydrogen-bond donors (Lipinski definition) is 2. The van der Waals surface area contributed by atoms with E-state index >= 15 is 0 Å². The summed E-state index contributed by atoms with van der Waals surface area (Å²) in [5, 5.41) is 4.17. The first-order valence-corrected chi connectivity index (χ1v) is 8.47. The van der Waals surface area contributed by atoms with E-state index in [0.29, 0.717) is 18.4 Å². The van der Waals surface area contributed by atoms with Gasteiger partial charge in [-0.1, -0.05) is 6.92 Å². The van der Waals surface area contributed by atoms with E-state index in [0.717, 1.165) is 24.3 Å². The molecule has 1 aromatic rings. The van der Waals surface area contributed by atoms with E-state index in [-0.39, 0.29) is 42.7 Å². The summed E-state index contributed by atoms with van der Waals surface area (Å²) in [5.41, 5.74) is 6.20. The van der Waals surface area contributed by atoms with Gasteiger partial charge in [-0.25, -0.2) is 4.98 Å². The molecule has 4 unspecified atom stereocenters. The van der Waals surface area contributed by atoms with Crippen LogP contribution in [0.4, 0.5) is 0 Å². The Morgan fingerprint density at radius 1 is 1.41 bits per heavy atom. The highest BCUT2D eigenvalue weighted by atomic mass is 35.5. The van der Waals surface area contributed by atoms with Crippen LogP contribution >= 0.6 is 36.2 Å². The summed E-state index contributed by atoms with van der Waals surface area (Å²) in [6.07, 6.45) is 7.35. The van der Waals surface area contributed by atoms with Crippen molar-refractivity contribution in [2.45, 2.75) is 45.1 Å². The van der Waals surface area contributed by atoms with Crippen LogP contribution in [0.25, 0.3) is 0 Å². The average Bonchev–Trinajstić information content (AvgIpc) is 3.13. The summed E-state index contributed by atoms with van der Waals surface area (Å²) in [7, 11) is 0. The van der Waals surface area contributed by atoms with Crippen molar-refractivity contribution in [3.05, 3.63) is 16.1 Å². The first-order chi connectivity index (χ1) is 9.69. The molecule has 7 heteroatoms. The van der Waals surface area contributed by atoms with E-state index in [1.54, 1.807) is 11.3 Å². The highest BCUT2D eigenvalue weighted by Gasteiger charge is 2.48. The zero-order valence-electron chi connectivity index (χ0n) is 12.8. The van der Waals surface area contributed by atoms with Crippen LogP contribution in [-0.2, 0) is 17.6 Å². The summed E-state index contributed by atoms with van der Waals surface area (Å²) < 4.78 is 0. The number of thiazole rings is 1. The number of carbonyl (C=O) groups is 1. The van der Waals surface area contributed by atoms with E-state index < -0.39 is 0 Å². The monoisotopic (exact) mass is 365 g/mol. The summed E-state index contributed by atoms with van der Waals surface area (Å²) in [6, 6.07) is 0.0836. The Morgan fingerprint density at radius 3 is 2.73 bits per heavy atom. The van der Waals surface area contributed by atoms with Gasteiger partial charge in [-0.05, 0) is 37.5 Å². The normalized spacial score (nSPS) is 28.8. The summed E-state index contributed by atoms with van der Waals surface area (Å²) in [4.78, 5) is 18.0. The van der Waals surface area contributed by atoms with Crippen molar-refractivity contribution >= 4 is 42.1 Å². The molecule has 0 aliphatic heterocycles. The lowest BCUT2D eigenvalue weighted by Gasteiger charge is -2.26. The number of halogens is 2. The van der Waals surface area contributed by atoms with Gasteiger partial charge in [0.2, 0.25) is 5.91 Å². The Morgan fingerprint density at radius 2 is 2.14 bits per heavy atom. The fraction of sp³-hybridized carbons (Fsp3) is 0.733. The molecule has 22 heavy (non-hydrogen) atoms. The Hall–Kier alpha value is -0.360. The molecule has 0 saturated heterocycles. The second kappa shape index (κ2) is 8.48. The largest absolute Gasteiger partial charge is 0.355 e. The van der Waals surface area contributed by atoms with Crippen LogP contribution in [0.2, 0.25) is 0 Å². The third kappa shape index (κ3) is 3.94. The van der Waals surface area contributed by atoms with Crippen LogP contribution in [0.1, 0.15) is 36.1 Å². The van der Waals surface area contributed by atoms with Gasteiger partial charge >= 0.3 is 0 Å². The van der Waals surface area contributed by atoms with E-state index in [1.807, 2.05) is 6.20 Å². The lowest BCUT2D eigenvalue weighted by Crippen LogP contribution is -2.45. The number of nitrogens with one attached hydrogen (secondary N) is 1. The Kier molecular flexibility index (Phi) is 7.59. The third-order valence-corrected chi connectivity index (χ3v) is 6.07. The van der Waals surface area contributed by atoms with Crippen LogP contribution in [0, 0.1) is 17.8 Å². The lowest BCUT2D eigenvalue weighted by atomic mass is 9.84. The molecule has 2 fully saturated rings.